The molecule has 1 heterocycles. The Balaban J connectivity index is 1.81. The van der Waals surface area contributed by atoms with Crippen molar-refractivity contribution in [2.24, 2.45) is 10.9 Å². The Bertz CT molecular complexity index is 280. The van der Waals surface area contributed by atoms with Gasteiger partial charge in [0.2, 0.25) is 0 Å². The predicted octanol–water partition coefficient (Wildman–Crippen LogP) is 1.82. The first-order valence-electron chi connectivity index (χ1n) is 6.16. The minimum Gasteiger partial charge on any atom is -0.354 e. The van der Waals surface area contributed by atoms with Gasteiger partial charge in [0.05, 0.1) is 19.4 Å². The van der Waals surface area contributed by atoms with Crippen LogP contribution in [0, 0.1) is 5.92 Å². The molecule has 0 amide bonds. The highest BCUT2D eigenvalue weighted by Gasteiger charge is 2.24. The number of ketones is 1. The minimum atomic E-state index is -0.689. The third-order valence-corrected chi connectivity index (χ3v) is 3.47. The highest BCUT2D eigenvalue weighted by atomic mass is 19.1. The highest BCUT2D eigenvalue weighted by molar-refractivity contribution is 5.84. The van der Waals surface area contributed by atoms with E-state index in [1.807, 2.05) is 4.90 Å². The Hall–Kier alpha value is -0.930. The molecular weight excluding hydrogens is 207 g/mol. The lowest BCUT2D eigenvalue weighted by atomic mass is 9.95. The monoisotopic (exact) mass is 226 g/mol. The van der Waals surface area contributed by atoms with E-state index in [1.54, 1.807) is 6.34 Å². The zero-order chi connectivity index (χ0) is 11.4. The summed E-state index contributed by atoms with van der Waals surface area (Å²) in [7, 11) is 0. The van der Waals surface area contributed by atoms with Crippen LogP contribution in [0.3, 0.4) is 0 Å². The maximum Gasteiger partial charge on any atom is 0.155 e. The van der Waals surface area contributed by atoms with Gasteiger partial charge in [-0.05, 0) is 32.1 Å². The number of nitrogens with zero attached hydrogens (tertiary/aromatic N) is 2. The molecule has 2 atom stereocenters. The van der Waals surface area contributed by atoms with E-state index in [0.717, 1.165) is 32.4 Å². The van der Waals surface area contributed by atoms with Crippen molar-refractivity contribution in [3.63, 3.8) is 0 Å². The van der Waals surface area contributed by atoms with Crippen LogP contribution in [0.4, 0.5) is 4.39 Å². The fourth-order valence-corrected chi connectivity index (χ4v) is 2.44. The second-order valence-electron chi connectivity index (χ2n) is 4.76. The molecule has 0 N–H and O–H groups in total. The summed E-state index contributed by atoms with van der Waals surface area (Å²) in [5.41, 5.74) is 0. The van der Waals surface area contributed by atoms with E-state index in [1.165, 1.54) is 0 Å². The van der Waals surface area contributed by atoms with Crippen LogP contribution in [0.15, 0.2) is 4.99 Å². The molecule has 4 heteroatoms. The number of hydrogen-bond acceptors (Lipinski definition) is 3. The lowest BCUT2D eigenvalue weighted by Gasteiger charge is -2.17. The van der Waals surface area contributed by atoms with Gasteiger partial charge in [-0.15, -0.1) is 0 Å². The molecule has 0 aromatic carbocycles. The topological polar surface area (TPSA) is 32.7 Å². The van der Waals surface area contributed by atoms with E-state index in [2.05, 4.69) is 4.99 Å². The van der Waals surface area contributed by atoms with Crippen LogP contribution in [-0.4, -0.2) is 42.8 Å². The van der Waals surface area contributed by atoms with Crippen LogP contribution in [-0.2, 0) is 4.79 Å². The standard InChI is InChI=1S/C12H19FN2O/c13-11-3-1-2-10(4-5-11)12(16)8-15-7-6-14-9-15/h9-11H,1-8H2/t10-,11?/m1/s1. The van der Waals surface area contributed by atoms with Crippen molar-refractivity contribution >= 4 is 12.1 Å². The number of Topliss-reactive ketones (excluding diaryl/α,β-unsaturated/α-hetero) is 1. The summed E-state index contributed by atoms with van der Waals surface area (Å²) >= 11 is 0. The van der Waals surface area contributed by atoms with E-state index in [9.17, 15) is 9.18 Å². The van der Waals surface area contributed by atoms with Crippen molar-refractivity contribution < 1.29 is 9.18 Å². The third-order valence-electron chi connectivity index (χ3n) is 3.47. The quantitative estimate of drug-likeness (QED) is 0.688. The summed E-state index contributed by atoms with van der Waals surface area (Å²) in [6.07, 6.45) is 4.71. The van der Waals surface area contributed by atoms with Crippen LogP contribution < -0.4 is 0 Å². The van der Waals surface area contributed by atoms with Crippen molar-refractivity contribution in [1.82, 2.24) is 4.90 Å². The zero-order valence-electron chi connectivity index (χ0n) is 9.57. The maximum atomic E-state index is 13.1. The molecule has 0 radical (unpaired) electrons. The summed E-state index contributed by atoms with van der Waals surface area (Å²) < 4.78 is 13.1. The first kappa shape index (κ1) is 11.6. The molecule has 1 fully saturated rings. The van der Waals surface area contributed by atoms with Gasteiger partial charge in [0, 0.05) is 12.5 Å². The SMILES string of the molecule is O=C(CN1C=NCC1)[C@@H]1CCCC(F)CC1. The second-order valence-corrected chi connectivity index (χ2v) is 4.76. The van der Waals surface area contributed by atoms with Crippen molar-refractivity contribution in [3.8, 4) is 0 Å². The minimum absolute atomic E-state index is 0.0785. The number of rotatable bonds is 3. The van der Waals surface area contributed by atoms with E-state index in [0.29, 0.717) is 19.4 Å². The molecule has 0 bridgehead atoms. The van der Waals surface area contributed by atoms with E-state index >= 15 is 0 Å². The van der Waals surface area contributed by atoms with Crippen molar-refractivity contribution in [2.75, 3.05) is 19.6 Å². The largest absolute Gasteiger partial charge is 0.354 e. The Labute approximate surface area is 95.7 Å². The van der Waals surface area contributed by atoms with Gasteiger partial charge in [-0.2, -0.15) is 0 Å². The van der Waals surface area contributed by atoms with E-state index in [4.69, 9.17) is 0 Å². The molecule has 3 nitrogen and oxygen atoms in total. The van der Waals surface area contributed by atoms with E-state index in [-0.39, 0.29) is 11.7 Å². The summed E-state index contributed by atoms with van der Waals surface area (Å²) in [6, 6.07) is 0. The fraction of sp³-hybridized carbons (Fsp3) is 0.833. The first-order valence-corrected chi connectivity index (χ1v) is 6.16. The summed E-state index contributed by atoms with van der Waals surface area (Å²) in [5, 5.41) is 0. The Morgan fingerprint density at radius 1 is 1.38 bits per heavy atom. The number of halogens is 1. The van der Waals surface area contributed by atoms with Crippen LogP contribution in [0.5, 0.6) is 0 Å². The lowest BCUT2D eigenvalue weighted by Crippen LogP contribution is -2.31. The highest BCUT2D eigenvalue weighted by Crippen LogP contribution is 2.25. The normalized spacial score (nSPS) is 30.4. The summed E-state index contributed by atoms with van der Waals surface area (Å²) in [6.45, 7) is 2.11. The fourth-order valence-electron chi connectivity index (χ4n) is 2.44. The predicted molar refractivity (Wildman–Crippen MR) is 61.4 cm³/mol. The van der Waals surface area contributed by atoms with Crippen LogP contribution in [0.25, 0.3) is 0 Å². The number of carbonyl (C=O) groups excluding carboxylic acids is 1. The Morgan fingerprint density at radius 2 is 2.25 bits per heavy atom. The van der Waals surface area contributed by atoms with Crippen molar-refractivity contribution in [3.05, 3.63) is 0 Å². The van der Waals surface area contributed by atoms with Gasteiger partial charge >= 0.3 is 0 Å². The maximum absolute atomic E-state index is 13.1. The molecule has 0 aromatic rings. The zero-order valence-corrected chi connectivity index (χ0v) is 9.57. The van der Waals surface area contributed by atoms with Crippen molar-refractivity contribution in [1.29, 1.82) is 0 Å². The molecule has 2 aliphatic rings. The Kier molecular flexibility index (Phi) is 3.91. The molecule has 0 spiro atoms. The van der Waals surface area contributed by atoms with Gasteiger partial charge in [-0.25, -0.2) is 4.39 Å². The number of hydrogen-bond donors (Lipinski definition) is 0. The molecule has 1 aliphatic heterocycles. The molecular formula is C12H19FN2O. The molecule has 1 unspecified atom stereocenters. The van der Waals surface area contributed by atoms with E-state index < -0.39 is 6.17 Å². The molecule has 16 heavy (non-hydrogen) atoms. The van der Waals surface area contributed by atoms with Gasteiger partial charge in [0.1, 0.15) is 6.17 Å². The molecule has 2 rings (SSSR count). The van der Waals surface area contributed by atoms with Crippen LogP contribution in [0.1, 0.15) is 32.1 Å². The second kappa shape index (κ2) is 5.41. The average molecular weight is 226 g/mol. The smallest absolute Gasteiger partial charge is 0.155 e. The Morgan fingerprint density at radius 3 is 3.00 bits per heavy atom. The number of carbonyl (C=O) groups is 1. The van der Waals surface area contributed by atoms with Gasteiger partial charge in [-0.1, -0.05) is 0 Å². The molecule has 0 aromatic heterocycles. The molecule has 0 saturated heterocycles. The third kappa shape index (κ3) is 3.03. The first-order chi connectivity index (χ1) is 7.75. The van der Waals surface area contributed by atoms with Gasteiger partial charge in [0.25, 0.3) is 0 Å². The molecule has 1 saturated carbocycles. The van der Waals surface area contributed by atoms with Gasteiger partial charge in [-0.3, -0.25) is 9.79 Å². The number of alkyl halides is 1. The van der Waals surface area contributed by atoms with Gasteiger partial charge in [0.15, 0.2) is 5.78 Å². The number of aliphatic imine (C=N–C) groups is 1. The van der Waals surface area contributed by atoms with Gasteiger partial charge < -0.3 is 4.90 Å². The average Bonchev–Trinajstić information content (AvgIpc) is 2.66. The summed E-state index contributed by atoms with van der Waals surface area (Å²) in [4.78, 5) is 18.0. The van der Waals surface area contributed by atoms with Crippen LogP contribution >= 0.6 is 0 Å². The lowest BCUT2D eigenvalue weighted by molar-refractivity contribution is -0.123. The molecule has 90 valence electrons. The van der Waals surface area contributed by atoms with Crippen molar-refractivity contribution in [2.45, 2.75) is 38.3 Å². The van der Waals surface area contributed by atoms with Crippen LogP contribution in [0.2, 0.25) is 0 Å². The molecule has 1 aliphatic carbocycles. The summed E-state index contributed by atoms with van der Waals surface area (Å²) in [5.74, 6) is 0.345.